The lowest BCUT2D eigenvalue weighted by Gasteiger charge is -2.23. The number of aromatic nitrogens is 1. The van der Waals surface area contributed by atoms with Crippen molar-refractivity contribution in [3.05, 3.63) is 48.2 Å². The van der Waals surface area contributed by atoms with E-state index in [1.165, 1.54) is 10.9 Å². The number of ether oxygens (including phenoxy) is 1. The van der Waals surface area contributed by atoms with Crippen LogP contribution >= 0.6 is 0 Å². The number of hydrogen-bond acceptors (Lipinski definition) is 3. The van der Waals surface area contributed by atoms with Gasteiger partial charge >= 0.3 is 0 Å². The molecule has 1 aromatic carbocycles. The SMILES string of the molecule is CC(C)CCNC(=O)[C@H]1[C@H]2C=C[C@@]3(CN(CCc4c[nH]c5ccccc45)C(=O)[C@@H]13)O2. The minimum absolute atomic E-state index is 0.0469. The van der Waals surface area contributed by atoms with Gasteiger partial charge in [0.25, 0.3) is 0 Å². The van der Waals surface area contributed by atoms with Crippen LogP contribution in [-0.4, -0.2) is 53.0 Å². The molecule has 0 unspecified atom stereocenters. The van der Waals surface area contributed by atoms with Gasteiger partial charge in [0.15, 0.2) is 0 Å². The number of aromatic amines is 1. The summed E-state index contributed by atoms with van der Waals surface area (Å²) in [6, 6.07) is 8.21. The Kier molecular flexibility index (Phi) is 4.69. The van der Waals surface area contributed by atoms with E-state index in [-0.39, 0.29) is 17.9 Å². The van der Waals surface area contributed by atoms with Gasteiger partial charge in [-0.25, -0.2) is 0 Å². The smallest absolute Gasteiger partial charge is 0.230 e. The van der Waals surface area contributed by atoms with E-state index < -0.39 is 17.4 Å². The molecule has 2 aromatic rings. The van der Waals surface area contributed by atoms with Crippen LogP contribution in [0.5, 0.6) is 0 Å². The lowest BCUT2D eigenvalue weighted by Crippen LogP contribution is -2.44. The summed E-state index contributed by atoms with van der Waals surface area (Å²) in [5.41, 5.74) is 1.68. The second-order valence-electron chi connectivity index (χ2n) is 9.24. The second-order valence-corrected chi connectivity index (χ2v) is 9.24. The maximum absolute atomic E-state index is 13.3. The van der Waals surface area contributed by atoms with Crippen molar-refractivity contribution in [2.45, 2.75) is 38.4 Å². The van der Waals surface area contributed by atoms with E-state index in [1.54, 1.807) is 0 Å². The lowest BCUT2D eigenvalue weighted by atomic mass is 9.77. The van der Waals surface area contributed by atoms with Gasteiger partial charge in [0, 0.05) is 30.2 Å². The van der Waals surface area contributed by atoms with E-state index >= 15 is 0 Å². The topological polar surface area (TPSA) is 74.4 Å². The van der Waals surface area contributed by atoms with Crippen molar-refractivity contribution >= 4 is 22.7 Å². The van der Waals surface area contributed by atoms with E-state index in [4.69, 9.17) is 4.74 Å². The molecular weight excluding hydrogens is 378 g/mol. The minimum Gasteiger partial charge on any atom is -0.361 e. The molecule has 5 rings (SSSR count). The number of rotatable bonds is 7. The molecule has 3 aliphatic heterocycles. The van der Waals surface area contributed by atoms with Crippen molar-refractivity contribution in [3.8, 4) is 0 Å². The van der Waals surface area contributed by atoms with E-state index in [1.807, 2.05) is 35.4 Å². The maximum atomic E-state index is 13.3. The molecule has 0 radical (unpaired) electrons. The molecular formula is C24H29N3O3. The van der Waals surface area contributed by atoms with Gasteiger partial charge in [-0.15, -0.1) is 0 Å². The Hall–Kier alpha value is -2.60. The van der Waals surface area contributed by atoms with Crippen molar-refractivity contribution in [2.75, 3.05) is 19.6 Å². The number of H-pyrrole nitrogens is 1. The average Bonchev–Trinajstić information content (AvgIpc) is 3.46. The Labute approximate surface area is 176 Å². The zero-order chi connectivity index (χ0) is 20.9. The molecule has 1 spiro atoms. The van der Waals surface area contributed by atoms with Crippen LogP contribution in [0.3, 0.4) is 0 Å². The Balaban J connectivity index is 1.29. The predicted molar refractivity (Wildman–Crippen MR) is 115 cm³/mol. The molecule has 4 atom stereocenters. The van der Waals surface area contributed by atoms with Gasteiger partial charge in [-0.2, -0.15) is 0 Å². The standard InChI is InChI=1S/C24H29N3O3/c1-15(2)8-11-25-22(28)20-19-7-10-24(30-19)14-27(23(29)21(20)24)12-9-16-13-26-18-6-4-3-5-17(16)18/h3-7,10,13,15,19-21,26H,8-9,11-12,14H2,1-2H3,(H,25,28)/t19-,20+,21-,24+/m1/s1. The van der Waals surface area contributed by atoms with E-state index in [0.717, 1.165) is 18.4 Å². The number of carbonyl (C=O) groups excluding carboxylic acids is 2. The molecule has 2 amide bonds. The summed E-state index contributed by atoms with van der Waals surface area (Å²) in [4.78, 5) is 31.4. The molecule has 2 fully saturated rings. The quantitative estimate of drug-likeness (QED) is 0.693. The van der Waals surface area contributed by atoms with Gasteiger partial charge in [0.2, 0.25) is 11.8 Å². The van der Waals surface area contributed by atoms with Crippen LogP contribution in [0.4, 0.5) is 0 Å². The fourth-order valence-corrected chi connectivity index (χ4v) is 5.26. The third-order valence-corrected chi connectivity index (χ3v) is 6.83. The maximum Gasteiger partial charge on any atom is 0.230 e. The van der Waals surface area contributed by atoms with E-state index in [9.17, 15) is 9.59 Å². The van der Waals surface area contributed by atoms with Gasteiger partial charge < -0.3 is 19.9 Å². The van der Waals surface area contributed by atoms with Gasteiger partial charge in [-0.05, 0) is 30.4 Å². The van der Waals surface area contributed by atoms with Crippen LogP contribution in [0.1, 0.15) is 25.8 Å². The molecule has 4 heterocycles. The summed E-state index contributed by atoms with van der Waals surface area (Å²) >= 11 is 0. The Bertz CT molecular complexity index is 1010. The number of amides is 2. The molecule has 0 aliphatic carbocycles. The molecule has 30 heavy (non-hydrogen) atoms. The molecule has 2 bridgehead atoms. The molecule has 3 aliphatic rings. The summed E-state index contributed by atoms with van der Waals surface area (Å²) in [7, 11) is 0. The van der Waals surface area contributed by atoms with Crippen LogP contribution < -0.4 is 5.32 Å². The summed E-state index contributed by atoms with van der Waals surface area (Å²) in [6.07, 6.45) is 7.44. The first kappa shape index (κ1) is 19.4. The van der Waals surface area contributed by atoms with Crippen LogP contribution in [0.15, 0.2) is 42.6 Å². The van der Waals surface area contributed by atoms with Crippen LogP contribution in [0, 0.1) is 17.8 Å². The van der Waals surface area contributed by atoms with Gasteiger partial charge in [-0.3, -0.25) is 9.59 Å². The molecule has 158 valence electrons. The van der Waals surface area contributed by atoms with Crippen molar-refractivity contribution in [1.82, 2.24) is 15.2 Å². The lowest BCUT2D eigenvalue weighted by molar-refractivity contribution is -0.137. The van der Waals surface area contributed by atoms with Gasteiger partial charge in [0.1, 0.15) is 5.60 Å². The number of benzene rings is 1. The molecule has 1 aromatic heterocycles. The largest absolute Gasteiger partial charge is 0.361 e. The number of hydrogen-bond donors (Lipinski definition) is 2. The summed E-state index contributed by atoms with van der Waals surface area (Å²) < 4.78 is 6.21. The highest BCUT2D eigenvalue weighted by Gasteiger charge is 2.66. The fraction of sp³-hybridized carbons (Fsp3) is 0.500. The average molecular weight is 408 g/mol. The second kappa shape index (κ2) is 7.27. The number of nitrogens with zero attached hydrogens (tertiary/aromatic N) is 1. The first-order valence-electron chi connectivity index (χ1n) is 11.0. The predicted octanol–water partition coefficient (Wildman–Crippen LogP) is 2.65. The van der Waals surface area contributed by atoms with Crippen LogP contribution in [0.2, 0.25) is 0 Å². The fourth-order valence-electron chi connectivity index (χ4n) is 5.26. The van der Waals surface area contributed by atoms with Gasteiger partial charge in [0.05, 0.1) is 24.5 Å². The molecule has 6 heteroatoms. The number of para-hydroxylation sites is 1. The first-order chi connectivity index (χ1) is 14.5. The summed E-state index contributed by atoms with van der Waals surface area (Å²) in [6.45, 7) is 6.07. The highest BCUT2D eigenvalue weighted by Crippen LogP contribution is 2.51. The van der Waals surface area contributed by atoms with Crippen LogP contribution in [0.25, 0.3) is 10.9 Å². The molecule has 2 saturated heterocycles. The molecule has 6 nitrogen and oxygen atoms in total. The van der Waals surface area contributed by atoms with E-state index in [0.29, 0.717) is 25.6 Å². The van der Waals surface area contributed by atoms with Gasteiger partial charge in [-0.1, -0.05) is 44.2 Å². The molecule has 2 N–H and O–H groups in total. The number of carbonyl (C=O) groups is 2. The van der Waals surface area contributed by atoms with Crippen molar-refractivity contribution < 1.29 is 14.3 Å². The Morgan fingerprint density at radius 2 is 2.20 bits per heavy atom. The third-order valence-electron chi connectivity index (χ3n) is 6.83. The number of likely N-dealkylation sites (tertiary alicyclic amines) is 1. The first-order valence-corrected chi connectivity index (χ1v) is 11.0. The van der Waals surface area contributed by atoms with Crippen molar-refractivity contribution in [1.29, 1.82) is 0 Å². The monoisotopic (exact) mass is 407 g/mol. The Morgan fingerprint density at radius 1 is 1.37 bits per heavy atom. The van der Waals surface area contributed by atoms with Crippen LogP contribution in [-0.2, 0) is 20.7 Å². The minimum atomic E-state index is -0.637. The highest BCUT2D eigenvalue weighted by atomic mass is 16.5. The molecule has 0 saturated carbocycles. The zero-order valence-electron chi connectivity index (χ0n) is 17.6. The van der Waals surface area contributed by atoms with Crippen molar-refractivity contribution in [2.24, 2.45) is 17.8 Å². The normalized spacial score (nSPS) is 29.4. The number of nitrogens with one attached hydrogen (secondary N) is 2. The number of fused-ring (bicyclic) bond motifs is 2. The highest BCUT2D eigenvalue weighted by molar-refractivity contribution is 5.93. The van der Waals surface area contributed by atoms with Crippen molar-refractivity contribution in [3.63, 3.8) is 0 Å². The summed E-state index contributed by atoms with van der Waals surface area (Å²) in [5, 5.41) is 4.23. The zero-order valence-corrected chi connectivity index (χ0v) is 17.6. The Morgan fingerprint density at radius 3 is 3.03 bits per heavy atom. The third kappa shape index (κ3) is 3.05. The van der Waals surface area contributed by atoms with E-state index in [2.05, 4.69) is 36.3 Å². The summed E-state index contributed by atoms with van der Waals surface area (Å²) in [5.74, 6) is -0.308.